The number of benzene rings is 2. The number of likely N-dealkylation sites (N-methyl/N-ethyl adjacent to an activating group) is 1. The molecule has 2 aromatic carbocycles. The summed E-state index contributed by atoms with van der Waals surface area (Å²) in [5.41, 5.74) is 1.69. The standard InChI is InChI=1S/C20H24ClN3O3S/c1-15(25)22-18-6-8-20(9-7-18)28(26,27)23(2)19-10-11-24(14-19)13-16-4-3-5-17(21)12-16/h3-9,12,19H,10-11,13-14H2,1-2H3,(H,22,25). The van der Waals surface area contributed by atoms with Crippen LogP contribution < -0.4 is 5.32 Å². The molecular weight excluding hydrogens is 398 g/mol. The number of sulfonamides is 1. The number of carbonyl (C=O) groups is 1. The molecule has 1 atom stereocenters. The minimum atomic E-state index is -3.60. The van der Waals surface area contributed by atoms with Crippen LogP contribution in [0.15, 0.2) is 53.4 Å². The van der Waals surface area contributed by atoms with Crippen LogP contribution in [0.1, 0.15) is 18.9 Å². The molecule has 8 heteroatoms. The van der Waals surface area contributed by atoms with E-state index >= 15 is 0 Å². The molecule has 6 nitrogen and oxygen atoms in total. The quantitative estimate of drug-likeness (QED) is 0.777. The Morgan fingerprint density at radius 2 is 1.96 bits per heavy atom. The van der Waals surface area contributed by atoms with Gasteiger partial charge < -0.3 is 5.32 Å². The van der Waals surface area contributed by atoms with Gasteiger partial charge in [-0.05, 0) is 48.4 Å². The molecule has 0 aromatic heterocycles. The highest BCUT2D eigenvalue weighted by Gasteiger charge is 2.33. The zero-order valence-corrected chi connectivity index (χ0v) is 17.5. The maximum absolute atomic E-state index is 13.0. The number of halogens is 1. The first-order chi connectivity index (χ1) is 13.3. The van der Waals surface area contributed by atoms with E-state index in [-0.39, 0.29) is 16.8 Å². The second kappa shape index (κ2) is 8.61. The van der Waals surface area contributed by atoms with Crippen LogP contribution in [0.2, 0.25) is 5.02 Å². The molecule has 0 aliphatic carbocycles. The van der Waals surface area contributed by atoms with Gasteiger partial charge in [-0.15, -0.1) is 0 Å². The average Bonchev–Trinajstić information content (AvgIpc) is 3.09. The van der Waals surface area contributed by atoms with Crippen LogP contribution in [-0.2, 0) is 21.4 Å². The predicted molar refractivity (Wildman–Crippen MR) is 111 cm³/mol. The molecule has 1 aliphatic rings. The van der Waals surface area contributed by atoms with Gasteiger partial charge in [-0.1, -0.05) is 23.7 Å². The monoisotopic (exact) mass is 421 g/mol. The number of likely N-dealkylation sites (tertiary alicyclic amines) is 1. The van der Waals surface area contributed by atoms with Crippen molar-refractivity contribution in [2.24, 2.45) is 0 Å². The Morgan fingerprint density at radius 1 is 1.25 bits per heavy atom. The Balaban J connectivity index is 1.65. The third-order valence-corrected chi connectivity index (χ3v) is 7.07. The summed E-state index contributed by atoms with van der Waals surface area (Å²) in [5, 5.41) is 3.34. The SMILES string of the molecule is CC(=O)Nc1ccc(S(=O)(=O)N(C)C2CCN(Cc3cccc(Cl)c3)C2)cc1. The van der Waals surface area contributed by atoms with E-state index in [9.17, 15) is 13.2 Å². The van der Waals surface area contributed by atoms with Gasteiger partial charge >= 0.3 is 0 Å². The van der Waals surface area contributed by atoms with Gasteiger partial charge in [0, 0.05) is 50.4 Å². The summed E-state index contributed by atoms with van der Waals surface area (Å²) in [4.78, 5) is 13.6. The van der Waals surface area contributed by atoms with Crippen molar-refractivity contribution < 1.29 is 13.2 Å². The number of nitrogens with zero attached hydrogens (tertiary/aromatic N) is 2. The summed E-state index contributed by atoms with van der Waals surface area (Å²) >= 11 is 6.05. The van der Waals surface area contributed by atoms with E-state index < -0.39 is 10.0 Å². The Bertz CT molecular complexity index is 947. The van der Waals surface area contributed by atoms with Crippen molar-refractivity contribution >= 4 is 33.2 Å². The number of nitrogens with one attached hydrogen (secondary N) is 1. The summed E-state index contributed by atoms with van der Waals surface area (Å²) < 4.78 is 27.4. The Kier molecular flexibility index (Phi) is 6.40. The first kappa shape index (κ1) is 20.8. The van der Waals surface area contributed by atoms with E-state index in [1.54, 1.807) is 19.2 Å². The lowest BCUT2D eigenvalue weighted by Crippen LogP contribution is -2.38. The molecule has 0 bridgehead atoms. The zero-order valence-electron chi connectivity index (χ0n) is 15.9. The van der Waals surface area contributed by atoms with Crippen LogP contribution in [-0.4, -0.2) is 49.7 Å². The van der Waals surface area contributed by atoms with Crippen molar-refractivity contribution in [2.45, 2.75) is 30.8 Å². The number of anilines is 1. The highest BCUT2D eigenvalue weighted by Crippen LogP contribution is 2.24. The summed E-state index contributed by atoms with van der Waals surface area (Å²) in [6, 6.07) is 13.9. The maximum atomic E-state index is 13.0. The fourth-order valence-corrected chi connectivity index (χ4v) is 5.01. The van der Waals surface area contributed by atoms with Gasteiger partial charge in [0.2, 0.25) is 15.9 Å². The lowest BCUT2D eigenvalue weighted by atomic mass is 10.2. The fraction of sp³-hybridized carbons (Fsp3) is 0.350. The molecule has 1 heterocycles. The highest BCUT2D eigenvalue weighted by atomic mass is 35.5. The number of hydrogen-bond donors (Lipinski definition) is 1. The second-order valence-corrected chi connectivity index (χ2v) is 9.47. The van der Waals surface area contributed by atoms with Crippen LogP contribution in [0, 0.1) is 0 Å². The molecule has 1 N–H and O–H groups in total. The molecule has 0 radical (unpaired) electrons. The lowest BCUT2D eigenvalue weighted by Gasteiger charge is -2.24. The average molecular weight is 422 g/mol. The molecule has 1 saturated heterocycles. The Morgan fingerprint density at radius 3 is 2.61 bits per heavy atom. The van der Waals surface area contributed by atoms with E-state index in [0.717, 1.165) is 25.1 Å². The van der Waals surface area contributed by atoms with Crippen LogP contribution in [0.4, 0.5) is 5.69 Å². The van der Waals surface area contributed by atoms with Crippen LogP contribution in [0.3, 0.4) is 0 Å². The minimum Gasteiger partial charge on any atom is -0.326 e. The normalized spacial score (nSPS) is 17.8. The summed E-state index contributed by atoms with van der Waals surface area (Å²) in [7, 11) is -1.97. The summed E-state index contributed by atoms with van der Waals surface area (Å²) in [5.74, 6) is -0.196. The van der Waals surface area contributed by atoms with Crippen LogP contribution in [0.25, 0.3) is 0 Å². The van der Waals surface area contributed by atoms with Gasteiger partial charge in [0.25, 0.3) is 0 Å². The summed E-state index contributed by atoms with van der Waals surface area (Å²) in [6.45, 7) is 3.66. The van der Waals surface area contributed by atoms with Crippen molar-refractivity contribution in [2.75, 3.05) is 25.5 Å². The molecule has 1 amide bonds. The number of amides is 1. The second-order valence-electron chi connectivity index (χ2n) is 7.03. The zero-order chi connectivity index (χ0) is 20.3. The van der Waals surface area contributed by atoms with Crippen LogP contribution >= 0.6 is 11.6 Å². The molecule has 3 rings (SSSR count). The molecular formula is C20H24ClN3O3S. The molecule has 0 saturated carbocycles. The Hall–Kier alpha value is -1.93. The molecule has 1 aliphatic heterocycles. The largest absolute Gasteiger partial charge is 0.326 e. The summed E-state index contributed by atoms with van der Waals surface area (Å²) in [6.07, 6.45) is 0.778. The first-order valence-electron chi connectivity index (χ1n) is 9.08. The topological polar surface area (TPSA) is 69.7 Å². The van der Waals surface area contributed by atoms with Crippen molar-refractivity contribution in [3.05, 3.63) is 59.1 Å². The molecule has 1 unspecified atom stereocenters. The molecule has 150 valence electrons. The van der Waals surface area contributed by atoms with Gasteiger partial charge in [0.05, 0.1) is 4.90 Å². The lowest BCUT2D eigenvalue weighted by molar-refractivity contribution is -0.114. The smallest absolute Gasteiger partial charge is 0.243 e. The van der Waals surface area contributed by atoms with Crippen molar-refractivity contribution in [1.82, 2.24) is 9.21 Å². The van der Waals surface area contributed by atoms with Crippen molar-refractivity contribution in [3.63, 3.8) is 0 Å². The van der Waals surface area contributed by atoms with Crippen molar-refractivity contribution in [1.29, 1.82) is 0 Å². The Labute approximate surface area is 171 Å². The number of rotatable bonds is 6. The van der Waals surface area contributed by atoms with E-state index in [2.05, 4.69) is 10.2 Å². The number of hydrogen-bond acceptors (Lipinski definition) is 4. The van der Waals surface area contributed by atoms with E-state index in [0.29, 0.717) is 17.3 Å². The fourth-order valence-electron chi connectivity index (χ4n) is 3.42. The van der Waals surface area contributed by atoms with Crippen LogP contribution in [0.5, 0.6) is 0 Å². The third kappa shape index (κ3) is 4.91. The van der Waals surface area contributed by atoms with Gasteiger partial charge in [0.1, 0.15) is 0 Å². The van der Waals surface area contributed by atoms with E-state index in [1.165, 1.54) is 23.4 Å². The molecule has 1 fully saturated rings. The minimum absolute atomic E-state index is 0.0841. The molecule has 0 spiro atoms. The van der Waals surface area contributed by atoms with Crippen molar-refractivity contribution in [3.8, 4) is 0 Å². The highest BCUT2D eigenvalue weighted by molar-refractivity contribution is 7.89. The number of carbonyl (C=O) groups excluding carboxylic acids is 1. The molecule has 28 heavy (non-hydrogen) atoms. The van der Waals surface area contributed by atoms with Gasteiger partial charge in [-0.25, -0.2) is 8.42 Å². The third-order valence-electron chi connectivity index (χ3n) is 4.91. The van der Waals surface area contributed by atoms with Gasteiger partial charge in [-0.2, -0.15) is 4.31 Å². The molecule has 2 aromatic rings. The van der Waals surface area contributed by atoms with Gasteiger partial charge in [-0.3, -0.25) is 9.69 Å². The maximum Gasteiger partial charge on any atom is 0.243 e. The first-order valence-corrected chi connectivity index (χ1v) is 10.9. The van der Waals surface area contributed by atoms with E-state index in [4.69, 9.17) is 11.6 Å². The van der Waals surface area contributed by atoms with Gasteiger partial charge in [0.15, 0.2) is 0 Å². The predicted octanol–water partition coefficient (Wildman–Crippen LogP) is 3.19. The van der Waals surface area contributed by atoms with E-state index in [1.807, 2.05) is 24.3 Å².